The molecule has 0 aliphatic carbocycles. The number of aliphatic carboxylic acids is 1. The Morgan fingerprint density at radius 1 is 1.33 bits per heavy atom. The number of sulfonamides is 1. The van der Waals surface area contributed by atoms with E-state index in [1.54, 1.807) is 24.1 Å². The molecule has 21 heavy (non-hydrogen) atoms. The van der Waals surface area contributed by atoms with Crippen molar-refractivity contribution in [3.8, 4) is 0 Å². The van der Waals surface area contributed by atoms with Gasteiger partial charge in [-0.2, -0.15) is 14.5 Å². The molecule has 114 valence electrons. The molecule has 1 N–H and O–H groups in total. The quantitative estimate of drug-likeness (QED) is 0.771. The van der Waals surface area contributed by atoms with Gasteiger partial charge in [0.25, 0.3) is 0 Å². The molecular weight excluding hydrogens is 298 g/mol. The molecule has 0 saturated carbocycles. The SMILES string of the molecule is CN(Cc1cnn(C)c1)S(=O)(=O)c1cnn(CC(=O)O)c1. The van der Waals surface area contributed by atoms with Crippen molar-refractivity contribution in [1.29, 1.82) is 0 Å². The van der Waals surface area contributed by atoms with Gasteiger partial charge in [-0.25, -0.2) is 8.42 Å². The fourth-order valence-corrected chi connectivity index (χ4v) is 2.89. The lowest BCUT2D eigenvalue weighted by atomic mass is 10.4. The summed E-state index contributed by atoms with van der Waals surface area (Å²) < 4.78 is 28.5. The Labute approximate surface area is 121 Å². The zero-order valence-corrected chi connectivity index (χ0v) is 12.4. The van der Waals surface area contributed by atoms with Crippen molar-refractivity contribution < 1.29 is 18.3 Å². The number of carbonyl (C=O) groups is 1. The molecule has 2 rings (SSSR count). The van der Waals surface area contributed by atoms with Crippen LogP contribution in [0.15, 0.2) is 29.7 Å². The molecule has 2 aromatic heterocycles. The summed E-state index contributed by atoms with van der Waals surface area (Å²) >= 11 is 0. The monoisotopic (exact) mass is 313 g/mol. The second kappa shape index (κ2) is 5.66. The molecule has 0 amide bonds. The van der Waals surface area contributed by atoms with Gasteiger partial charge in [-0.3, -0.25) is 14.2 Å². The van der Waals surface area contributed by atoms with Gasteiger partial charge in [-0.05, 0) is 0 Å². The van der Waals surface area contributed by atoms with E-state index in [4.69, 9.17) is 5.11 Å². The van der Waals surface area contributed by atoms with E-state index in [-0.39, 0.29) is 18.0 Å². The van der Waals surface area contributed by atoms with Crippen LogP contribution in [-0.4, -0.2) is 50.4 Å². The minimum atomic E-state index is -3.72. The van der Waals surface area contributed by atoms with Crippen LogP contribution in [0.4, 0.5) is 0 Å². The normalized spacial score (nSPS) is 12.0. The summed E-state index contributed by atoms with van der Waals surface area (Å²) in [6.07, 6.45) is 5.64. The molecule has 0 atom stereocenters. The Hall–Kier alpha value is -2.20. The summed E-state index contributed by atoms with van der Waals surface area (Å²) in [4.78, 5) is 10.5. The average Bonchev–Trinajstić information content (AvgIpc) is 2.98. The van der Waals surface area contributed by atoms with Crippen molar-refractivity contribution in [3.05, 3.63) is 30.4 Å². The van der Waals surface area contributed by atoms with E-state index < -0.39 is 16.0 Å². The van der Waals surface area contributed by atoms with Crippen molar-refractivity contribution >= 4 is 16.0 Å². The maximum absolute atomic E-state index is 12.3. The average molecular weight is 313 g/mol. The Morgan fingerprint density at radius 3 is 2.62 bits per heavy atom. The first-order valence-electron chi connectivity index (χ1n) is 5.97. The number of aromatic nitrogens is 4. The van der Waals surface area contributed by atoms with Crippen LogP contribution in [0.1, 0.15) is 5.56 Å². The molecule has 9 nitrogen and oxygen atoms in total. The van der Waals surface area contributed by atoms with E-state index in [1.807, 2.05) is 0 Å². The minimum absolute atomic E-state index is 0.0462. The molecular formula is C11H15N5O4S. The highest BCUT2D eigenvalue weighted by Gasteiger charge is 2.23. The van der Waals surface area contributed by atoms with Gasteiger partial charge >= 0.3 is 5.97 Å². The van der Waals surface area contributed by atoms with Gasteiger partial charge < -0.3 is 5.11 Å². The predicted molar refractivity (Wildman–Crippen MR) is 71.7 cm³/mol. The third-order valence-corrected chi connectivity index (χ3v) is 4.53. The third kappa shape index (κ3) is 3.47. The standard InChI is InChI=1S/C11H15N5O4S/c1-14-5-9(3-12-14)6-15(2)21(19,20)10-4-13-16(7-10)8-11(17)18/h3-5,7H,6,8H2,1-2H3,(H,17,18). The molecule has 2 heterocycles. The van der Waals surface area contributed by atoms with E-state index in [0.29, 0.717) is 0 Å². The first-order chi connectivity index (χ1) is 9.79. The molecule has 10 heteroatoms. The van der Waals surface area contributed by atoms with Gasteiger partial charge in [0.1, 0.15) is 11.4 Å². The van der Waals surface area contributed by atoms with Crippen molar-refractivity contribution in [2.24, 2.45) is 7.05 Å². The second-order valence-corrected chi connectivity index (χ2v) is 6.60. The van der Waals surface area contributed by atoms with Crippen LogP contribution < -0.4 is 0 Å². The minimum Gasteiger partial charge on any atom is -0.480 e. The fourth-order valence-electron chi connectivity index (χ4n) is 1.78. The lowest BCUT2D eigenvalue weighted by Gasteiger charge is -2.14. The third-order valence-electron chi connectivity index (χ3n) is 2.78. The number of hydrogen-bond acceptors (Lipinski definition) is 5. The Kier molecular flexibility index (Phi) is 4.09. The molecule has 0 radical (unpaired) electrons. The van der Waals surface area contributed by atoms with Crippen LogP contribution in [0, 0.1) is 0 Å². The van der Waals surface area contributed by atoms with Crippen molar-refractivity contribution in [3.63, 3.8) is 0 Å². The first-order valence-corrected chi connectivity index (χ1v) is 7.41. The lowest BCUT2D eigenvalue weighted by molar-refractivity contribution is -0.137. The van der Waals surface area contributed by atoms with Gasteiger partial charge in [-0.15, -0.1) is 0 Å². The van der Waals surface area contributed by atoms with Crippen LogP contribution >= 0.6 is 0 Å². The molecule has 0 bridgehead atoms. The fraction of sp³-hybridized carbons (Fsp3) is 0.364. The van der Waals surface area contributed by atoms with Crippen molar-refractivity contribution in [2.75, 3.05) is 7.05 Å². The van der Waals surface area contributed by atoms with Gasteiger partial charge in [0.05, 0.1) is 12.4 Å². The maximum atomic E-state index is 12.3. The topological polar surface area (TPSA) is 110 Å². The van der Waals surface area contributed by atoms with Crippen molar-refractivity contribution in [2.45, 2.75) is 18.0 Å². The Bertz CT molecular complexity index is 748. The molecule has 0 aromatic carbocycles. The Balaban J connectivity index is 2.16. The van der Waals surface area contributed by atoms with E-state index in [2.05, 4.69) is 10.2 Å². The summed E-state index contributed by atoms with van der Waals surface area (Å²) in [6.45, 7) is -0.220. The number of hydrogen-bond donors (Lipinski definition) is 1. The summed E-state index contributed by atoms with van der Waals surface area (Å²) in [6, 6.07) is 0. The van der Waals surface area contributed by atoms with Crippen LogP contribution in [0.5, 0.6) is 0 Å². The highest BCUT2D eigenvalue weighted by molar-refractivity contribution is 7.89. The lowest BCUT2D eigenvalue weighted by Crippen LogP contribution is -2.26. The molecule has 0 spiro atoms. The summed E-state index contributed by atoms with van der Waals surface area (Å²) in [5, 5.41) is 16.4. The maximum Gasteiger partial charge on any atom is 0.325 e. The highest BCUT2D eigenvalue weighted by atomic mass is 32.2. The molecule has 0 fully saturated rings. The van der Waals surface area contributed by atoms with Crippen LogP contribution in [0.3, 0.4) is 0 Å². The van der Waals surface area contributed by atoms with E-state index in [0.717, 1.165) is 20.7 Å². The predicted octanol–water partition coefficient (Wildman–Crippen LogP) is -0.478. The Morgan fingerprint density at radius 2 is 2.05 bits per heavy atom. The molecule has 0 aliphatic heterocycles. The molecule has 0 saturated heterocycles. The smallest absolute Gasteiger partial charge is 0.325 e. The van der Waals surface area contributed by atoms with Gasteiger partial charge in [-0.1, -0.05) is 0 Å². The summed E-state index contributed by atoms with van der Waals surface area (Å²) in [5.41, 5.74) is 0.751. The van der Waals surface area contributed by atoms with Gasteiger partial charge in [0.2, 0.25) is 10.0 Å². The number of rotatable bonds is 6. The molecule has 0 unspecified atom stereocenters. The highest BCUT2D eigenvalue weighted by Crippen LogP contribution is 2.15. The first kappa shape index (κ1) is 15.2. The number of carboxylic acids is 1. The van der Waals surface area contributed by atoms with Gasteiger partial charge in [0, 0.05) is 38.6 Å². The number of carboxylic acid groups (broad SMARTS) is 1. The number of nitrogens with zero attached hydrogens (tertiary/aromatic N) is 5. The van der Waals surface area contributed by atoms with E-state index in [9.17, 15) is 13.2 Å². The van der Waals surface area contributed by atoms with E-state index in [1.165, 1.54) is 13.2 Å². The largest absolute Gasteiger partial charge is 0.480 e. The molecule has 2 aromatic rings. The van der Waals surface area contributed by atoms with Gasteiger partial charge in [0.15, 0.2) is 0 Å². The van der Waals surface area contributed by atoms with Crippen molar-refractivity contribution in [1.82, 2.24) is 23.9 Å². The summed E-state index contributed by atoms with van der Waals surface area (Å²) in [5.74, 6) is -1.09. The molecule has 0 aliphatic rings. The second-order valence-electron chi connectivity index (χ2n) is 4.55. The summed E-state index contributed by atoms with van der Waals surface area (Å²) in [7, 11) is -0.538. The number of aryl methyl sites for hydroxylation is 1. The zero-order chi connectivity index (χ0) is 15.6. The van der Waals surface area contributed by atoms with Crippen LogP contribution in [0.25, 0.3) is 0 Å². The zero-order valence-electron chi connectivity index (χ0n) is 11.5. The van der Waals surface area contributed by atoms with Crippen LogP contribution in [-0.2, 0) is 35.0 Å². The van der Waals surface area contributed by atoms with Crippen LogP contribution in [0.2, 0.25) is 0 Å². The van der Waals surface area contributed by atoms with E-state index >= 15 is 0 Å².